The molecule has 2 aliphatic rings. The summed E-state index contributed by atoms with van der Waals surface area (Å²) in [5.41, 5.74) is 5.77. The van der Waals surface area contributed by atoms with E-state index < -0.39 is 34.3 Å². The first kappa shape index (κ1) is 26.3. The van der Waals surface area contributed by atoms with Gasteiger partial charge in [0.2, 0.25) is 5.88 Å². The molecule has 1 aliphatic heterocycles. The number of pyridine rings is 1. The van der Waals surface area contributed by atoms with Crippen LogP contribution >= 0.6 is 11.8 Å². The van der Waals surface area contributed by atoms with Crippen molar-refractivity contribution in [2.24, 2.45) is 16.6 Å². The Morgan fingerprint density at radius 1 is 1.23 bits per heavy atom. The molecule has 0 saturated heterocycles. The van der Waals surface area contributed by atoms with E-state index in [-0.39, 0.29) is 41.1 Å². The van der Waals surface area contributed by atoms with Crippen molar-refractivity contribution in [3.63, 3.8) is 0 Å². The first-order valence-corrected chi connectivity index (χ1v) is 13.1. The Bertz CT molecular complexity index is 1680. The van der Waals surface area contributed by atoms with Crippen LogP contribution in [0.2, 0.25) is 0 Å². The van der Waals surface area contributed by atoms with E-state index in [4.69, 9.17) is 14.9 Å². The number of benzene rings is 1. The van der Waals surface area contributed by atoms with E-state index in [9.17, 15) is 13.2 Å². The van der Waals surface area contributed by atoms with Crippen LogP contribution in [0.4, 0.5) is 29.1 Å². The number of thioether (sulfide) groups is 1. The van der Waals surface area contributed by atoms with E-state index in [0.717, 1.165) is 17.8 Å². The number of oxazole rings is 1. The van der Waals surface area contributed by atoms with Gasteiger partial charge in [-0.3, -0.25) is 4.99 Å². The Labute approximate surface area is 229 Å². The lowest BCUT2D eigenvalue weighted by molar-refractivity contribution is 0.123. The van der Waals surface area contributed by atoms with Gasteiger partial charge in [-0.15, -0.1) is 0 Å². The van der Waals surface area contributed by atoms with E-state index in [1.807, 2.05) is 0 Å². The van der Waals surface area contributed by atoms with E-state index in [1.165, 1.54) is 25.4 Å². The maximum absolute atomic E-state index is 15.1. The topological polar surface area (TPSA) is 124 Å². The third-order valence-electron chi connectivity index (χ3n) is 7.27. The summed E-state index contributed by atoms with van der Waals surface area (Å²) in [7, 11) is 0. The van der Waals surface area contributed by atoms with Crippen LogP contribution in [0.5, 0.6) is 5.88 Å². The summed E-state index contributed by atoms with van der Waals surface area (Å²) >= 11 is 0.793. The van der Waals surface area contributed by atoms with Crippen LogP contribution in [0.15, 0.2) is 40.0 Å². The molecular formula is C26H23F4N7O2S. The van der Waals surface area contributed by atoms with Crippen molar-refractivity contribution in [1.29, 1.82) is 0 Å². The number of rotatable bonds is 7. The van der Waals surface area contributed by atoms with Gasteiger partial charge in [0.25, 0.3) is 6.43 Å². The molecule has 0 amide bonds. The molecule has 0 unspecified atom stereocenters. The number of nitrogens with zero attached hydrogens (tertiary/aromatic N) is 5. The SMILES string of the molecule is Cc1nc(COc2cnc3c(Nc4cc(F)c(F)c([C@@]5(C)N=C(N)S[C@@]6(C(F)F)C[C@@H]56)c4)nccc3n2)c(C)o1. The predicted octanol–water partition coefficient (Wildman–Crippen LogP) is 5.53. The molecule has 1 fully saturated rings. The molecule has 1 aromatic carbocycles. The molecule has 4 aromatic rings. The third-order valence-corrected chi connectivity index (χ3v) is 8.58. The van der Waals surface area contributed by atoms with Crippen molar-refractivity contribution in [1.82, 2.24) is 19.9 Å². The van der Waals surface area contributed by atoms with Gasteiger partial charge in [-0.25, -0.2) is 37.5 Å². The molecular weight excluding hydrogens is 550 g/mol. The molecule has 1 saturated carbocycles. The average Bonchev–Trinajstić information content (AvgIpc) is 3.57. The van der Waals surface area contributed by atoms with Crippen LogP contribution in [0, 0.1) is 31.4 Å². The van der Waals surface area contributed by atoms with Gasteiger partial charge < -0.3 is 20.2 Å². The lowest BCUT2D eigenvalue weighted by atomic mass is 9.85. The molecule has 0 radical (unpaired) electrons. The number of aromatic nitrogens is 4. The van der Waals surface area contributed by atoms with Crippen LogP contribution in [0.3, 0.4) is 0 Å². The number of anilines is 2. The molecule has 0 bridgehead atoms. The number of nitrogens with two attached hydrogens (primary N) is 1. The zero-order chi connectivity index (χ0) is 28.4. The zero-order valence-corrected chi connectivity index (χ0v) is 22.3. The number of hydrogen-bond acceptors (Lipinski definition) is 10. The Morgan fingerprint density at radius 2 is 2.02 bits per heavy atom. The highest BCUT2D eigenvalue weighted by Gasteiger charge is 2.71. The highest BCUT2D eigenvalue weighted by atomic mass is 32.2. The van der Waals surface area contributed by atoms with Gasteiger partial charge in [0.05, 0.1) is 22.0 Å². The highest BCUT2D eigenvalue weighted by Crippen LogP contribution is 2.68. The molecule has 3 aromatic heterocycles. The normalized spacial score (nSPS) is 23.7. The van der Waals surface area contributed by atoms with E-state index in [1.54, 1.807) is 19.9 Å². The number of hydrogen-bond donors (Lipinski definition) is 2. The van der Waals surface area contributed by atoms with Gasteiger partial charge in [0.15, 0.2) is 28.5 Å². The first-order valence-electron chi connectivity index (χ1n) is 12.3. The van der Waals surface area contributed by atoms with Crippen molar-refractivity contribution in [3.05, 3.63) is 65.1 Å². The minimum absolute atomic E-state index is 0.0788. The number of aliphatic imine (C=N–C) groups is 1. The fourth-order valence-corrected chi connectivity index (χ4v) is 6.55. The number of fused-ring (bicyclic) bond motifs is 2. The summed E-state index contributed by atoms with van der Waals surface area (Å²) in [6, 6.07) is 3.92. The Hall–Kier alpha value is -3.94. The van der Waals surface area contributed by atoms with Crippen LogP contribution in [-0.2, 0) is 12.1 Å². The van der Waals surface area contributed by atoms with E-state index >= 15 is 4.39 Å². The van der Waals surface area contributed by atoms with Crippen molar-refractivity contribution >= 4 is 39.5 Å². The van der Waals surface area contributed by atoms with Crippen molar-refractivity contribution < 1.29 is 26.7 Å². The number of halogens is 4. The van der Waals surface area contributed by atoms with Crippen molar-refractivity contribution in [3.8, 4) is 5.88 Å². The van der Waals surface area contributed by atoms with Gasteiger partial charge in [-0.2, -0.15) is 0 Å². The van der Waals surface area contributed by atoms with Gasteiger partial charge in [0, 0.05) is 36.4 Å². The summed E-state index contributed by atoms with van der Waals surface area (Å²) < 4.78 is 67.5. The Kier molecular flexibility index (Phi) is 6.13. The first-order chi connectivity index (χ1) is 19.0. The summed E-state index contributed by atoms with van der Waals surface area (Å²) in [6.07, 6.45) is 0.265. The lowest BCUT2D eigenvalue weighted by Gasteiger charge is -2.34. The zero-order valence-electron chi connectivity index (χ0n) is 21.5. The Morgan fingerprint density at radius 3 is 2.75 bits per heavy atom. The number of alkyl halides is 2. The molecule has 208 valence electrons. The van der Waals surface area contributed by atoms with Gasteiger partial charge in [-0.1, -0.05) is 11.8 Å². The molecule has 9 nitrogen and oxygen atoms in total. The fourth-order valence-electron chi connectivity index (χ4n) is 5.21. The molecule has 1 aliphatic carbocycles. The summed E-state index contributed by atoms with van der Waals surface area (Å²) in [4.78, 5) is 21.7. The fraction of sp³-hybridized carbons (Fsp3) is 0.346. The molecule has 14 heteroatoms. The second-order valence-electron chi connectivity index (χ2n) is 9.92. The van der Waals surface area contributed by atoms with Crippen LogP contribution in [-0.4, -0.2) is 36.3 Å². The maximum Gasteiger partial charge on any atom is 0.253 e. The minimum Gasteiger partial charge on any atom is -0.470 e. The van der Waals surface area contributed by atoms with E-state index in [0.29, 0.717) is 28.4 Å². The smallest absolute Gasteiger partial charge is 0.253 e. The molecule has 6 rings (SSSR count). The average molecular weight is 574 g/mol. The highest BCUT2D eigenvalue weighted by molar-refractivity contribution is 8.15. The molecule has 3 atom stereocenters. The second-order valence-corrected chi connectivity index (χ2v) is 11.3. The number of aryl methyl sites for hydroxylation is 2. The third kappa shape index (κ3) is 4.30. The van der Waals surface area contributed by atoms with Gasteiger partial charge in [-0.05, 0) is 32.4 Å². The number of amidine groups is 1. The van der Waals surface area contributed by atoms with Crippen LogP contribution < -0.4 is 15.8 Å². The van der Waals surface area contributed by atoms with Crippen molar-refractivity contribution in [2.45, 2.75) is 50.5 Å². The monoisotopic (exact) mass is 573 g/mol. The molecule has 4 heterocycles. The molecule has 3 N–H and O–H groups in total. The quantitative estimate of drug-likeness (QED) is 0.275. The van der Waals surface area contributed by atoms with E-state index in [2.05, 4.69) is 30.2 Å². The second kappa shape index (κ2) is 9.32. The number of nitrogens with one attached hydrogen (secondary N) is 1. The number of ether oxygens (including phenoxy) is 1. The maximum atomic E-state index is 15.1. The predicted molar refractivity (Wildman–Crippen MR) is 141 cm³/mol. The standard InChI is InChI=1S/C26H23F4N7O2S/c1-11-17(34-12(2)39-11)10-38-19-9-33-21-16(36-19)4-5-32-22(21)35-13-6-14(20(28)15(27)7-13)25(3)18-8-26(18,23(29)30)40-24(31)37-25/h4-7,9,18,23H,8,10H2,1-3H3,(H2,31,37)(H,32,35)/t18-,25+,26-/m0/s1. The minimum atomic E-state index is -2.69. The largest absolute Gasteiger partial charge is 0.470 e. The van der Waals surface area contributed by atoms with Crippen LogP contribution in [0.25, 0.3) is 11.0 Å². The van der Waals surface area contributed by atoms with Crippen LogP contribution in [0.1, 0.15) is 36.3 Å². The van der Waals surface area contributed by atoms with Gasteiger partial charge in [0.1, 0.15) is 23.6 Å². The molecule has 40 heavy (non-hydrogen) atoms. The molecule has 0 spiro atoms. The lowest BCUT2D eigenvalue weighted by Crippen LogP contribution is -2.39. The summed E-state index contributed by atoms with van der Waals surface area (Å²) in [5.74, 6) is -1.43. The van der Waals surface area contributed by atoms with Gasteiger partial charge >= 0.3 is 0 Å². The Balaban J connectivity index is 1.30. The van der Waals surface area contributed by atoms with Crippen molar-refractivity contribution in [2.75, 3.05) is 5.32 Å². The summed E-state index contributed by atoms with van der Waals surface area (Å²) in [5, 5.41) is 2.86. The summed E-state index contributed by atoms with van der Waals surface area (Å²) in [6.45, 7) is 5.16.